The molecule has 98 valence electrons. The molecule has 3 heteroatoms. The normalized spacial score (nSPS) is 17.4. The summed E-state index contributed by atoms with van der Waals surface area (Å²) in [7, 11) is 0. The maximum atomic E-state index is 5.45. The van der Waals surface area contributed by atoms with Crippen molar-refractivity contribution in [3.63, 3.8) is 0 Å². The fraction of sp³-hybridized carbons (Fsp3) is 0.533. The molecular weight excluding hydrogens is 224 g/mol. The Balaban J connectivity index is 2.13. The molecule has 0 N–H and O–H groups in total. The fourth-order valence-corrected chi connectivity index (χ4v) is 2.15. The molecule has 0 radical (unpaired) electrons. The number of allylic oxidation sites excluding steroid dienone is 1. The number of ether oxygens (including phenoxy) is 1. The maximum Gasteiger partial charge on any atom is 0.109 e. The second-order valence-electron chi connectivity index (χ2n) is 5.17. The number of hydrogen-bond donors (Lipinski definition) is 0. The third-order valence-corrected chi connectivity index (χ3v) is 3.41. The topological polar surface area (TPSA) is 25.4 Å². The predicted octanol–water partition coefficient (Wildman–Crippen LogP) is 3.46. The Labute approximate surface area is 109 Å². The molecule has 0 aliphatic carbocycles. The molecule has 0 saturated heterocycles. The number of pyridine rings is 1. The van der Waals surface area contributed by atoms with Gasteiger partial charge < -0.3 is 9.64 Å². The molecule has 0 aromatic carbocycles. The first-order valence-electron chi connectivity index (χ1n) is 6.60. The molecule has 1 aromatic rings. The molecule has 0 fully saturated rings. The smallest absolute Gasteiger partial charge is 0.109 e. The molecule has 18 heavy (non-hydrogen) atoms. The van der Waals surface area contributed by atoms with Gasteiger partial charge in [-0.15, -0.1) is 0 Å². The van der Waals surface area contributed by atoms with Gasteiger partial charge in [0.2, 0.25) is 0 Å². The van der Waals surface area contributed by atoms with Crippen LogP contribution < -0.4 is 0 Å². The van der Waals surface area contributed by atoms with E-state index in [0.29, 0.717) is 12.0 Å². The highest BCUT2D eigenvalue weighted by atomic mass is 16.5. The second kappa shape index (κ2) is 5.42. The van der Waals surface area contributed by atoms with Gasteiger partial charge in [0.15, 0.2) is 0 Å². The Morgan fingerprint density at radius 3 is 2.61 bits per heavy atom. The van der Waals surface area contributed by atoms with Crippen molar-refractivity contribution in [1.29, 1.82) is 0 Å². The van der Waals surface area contributed by atoms with Crippen LogP contribution in [0.4, 0.5) is 0 Å². The van der Waals surface area contributed by atoms with E-state index >= 15 is 0 Å². The van der Waals surface area contributed by atoms with Gasteiger partial charge in [-0.25, -0.2) is 0 Å². The lowest BCUT2D eigenvalue weighted by Gasteiger charge is -2.31. The standard InChI is InChI=1S/C15H22N2O/c1-11(2)15-6-5-14(9-16-15)13(4)17-7-8-18-12(3)10-17/h5-6,9-11,13H,7-8H2,1-4H3/t13-/m0/s1. The van der Waals surface area contributed by atoms with E-state index in [4.69, 9.17) is 4.74 Å². The zero-order valence-corrected chi connectivity index (χ0v) is 11.7. The van der Waals surface area contributed by atoms with Crippen molar-refractivity contribution < 1.29 is 4.74 Å². The Morgan fingerprint density at radius 1 is 1.28 bits per heavy atom. The third kappa shape index (κ3) is 2.84. The lowest BCUT2D eigenvalue weighted by Crippen LogP contribution is -2.29. The van der Waals surface area contributed by atoms with Crippen LogP contribution in [-0.4, -0.2) is 23.0 Å². The van der Waals surface area contributed by atoms with Crippen molar-refractivity contribution in [3.05, 3.63) is 41.5 Å². The monoisotopic (exact) mass is 246 g/mol. The maximum absolute atomic E-state index is 5.45. The van der Waals surface area contributed by atoms with Crippen molar-refractivity contribution in [1.82, 2.24) is 9.88 Å². The van der Waals surface area contributed by atoms with Gasteiger partial charge in [-0.3, -0.25) is 4.98 Å². The molecule has 1 aliphatic heterocycles. The van der Waals surface area contributed by atoms with Gasteiger partial charge in [-0.2, -0.15) is 0 Å². The van der Waals surface area contributed by atoms with E-state index in [1.807, 2.05) is 13.1 Å². The quantitative estimate of drug-likeness (QED) is 0.816. The van der Waals surface area contributed by atoms with Gasteiger partial charge in [-0.1, -0.05) is 19.9 Å². The molecule has 1 atom stereocenters. The summed E-state index contributed by atoms with van der Waals surface area (Å²) in [5.74, 6) is 1.47. The fourth-order valence-electron chi connectivity index (χ4n) is 2.15. The average Bonchev–Trinajstić information content (AvgIpc) is 2.38. The molecule has 0 amide bonds. The van der Waals surface area contributed by atoms with Gasteiger partial charge in [-0.05, 0) is 31.4 Å². The molecule has 0 bridgehead atoms. The molecule has 3 nitrogen and oxygen atoms in total. The van der Waals surface area contributed by atoms with E-state index in [9.17, 15) is 0 Å². The first-order valence-corrected chi connectivity index (χ1v) is 6.60. The van der Waals surface area contributed by atoms with E-state index in [1.165, 1.54) is 5.56 Å². The number of nitrogens with zero attached hydrogens (tertiary/aromatic N) is 2. The zero-order chi connectivity index (χ0) is 13.1. The molecule has 2 rings (SSSR count). The summed E-state index contributed by atoms with van der Waals surface area (Å²) < 4.78 is 5.45. The van der Waals surface area contributed by atoms with Crippen LogP contribution in [0.1, 0.15) is 50.9 Å². The summed E-state index contributed by atoms with van der Waals surface area (Å²) in [5, 5.41) is 0. The van der Waals surface area contributed by atoms with Crippen LogP contribution in [-0.2, 0) is 4.74 Å². The van der Waals surface area contributed by atoms with E-state index in [2.05, 4.69) is 49.0 Å². The summed E-state index contributed by atoms with van der Waals surface area (Å²) in [4.78, 5) is 6.84. The number of aromatic nitrogens is 1. The molecule has 2 heterocycles. The lowest BCUT2D eigenvalue weighted by atomic mass is 10.1. The van der Waals surface area contributed by atoms with Crippen LogP contribution in [0.5, 0.6) is 0 Å². The largest absolute Gasteiger partial charge is 0.495 e. The molecule has 0 spiro atoms. The van der Waals surface area contributed by atoms with Gasteiger partial charge in [0.1, 0.15) is 12.4 Å². The van der Waals surface area contributed by atoms with E-state index in [1.54, 1.807) is 0 Å². The number of hydrogen-bond acceptors (Lipinski definition) is 3. The first kappa shape index (κ1) is 12.9. The molecule has 1 aliphatic rings. The Kier molecular flexibility index (Phi) is 3.90. The van der Waals surface area contributed by atoms with E-state index in [-0.39, 0.29) is 0 Å². The zero-order valence-electron chi connectivity index (χ0n) is 11.7. The SMILES string of the molecule is CC1=CN([C@@H](C)c2ccc(C(C)C)nc2)CCO1. The van der Waals surface area contributed by atoms with Crippen molar-refractivity contribution >= 4 is 0 Å². The number of rotatable bonds is 3. The van der Waals surface area contributed by atoms with Crippen LogP contribution in [0, 0.1) is 0 Å². The van der Waals surface area contributed by atoms with Crippen LogP contribution in [0.3, 0.4) is 0 Å². The Hall–Kier alpha value is -1.51. The third-order valence-electron chi connectivity index (χ3n) is 3.41. The Bertz CT molecular complexity index is 423. The minimum atomic E-state index is 0.345. The van der Waals surface area contributed by atoms with Crippen LogP contribution in [0.25, 0.3) is 0 Å². The molecule has 0 saturated carbocycles. The van der Waals surface area contributed by atoms with Crippen LogP contribution in [0.2, 0.25) is 0 Å². The summed E-state index contributed by atoms with van der Waals surface area (Å²) in [5.41, 5.74) is 2.41. The van der Waals surface area contributed by atoms with Crippen molar-refractivity contribution in [2.45, 2.75) is 39.7 Å². The van der Waals surface area contributed by atoms with E-state index < -0.39 is 0 Å². The van der Waals surface area contributed by atoms with Crippen molar-refractivity contribution in [2.24, 2.45) is 0 Å². The van der Waals surface area contributed by atoms with Gasteiger partial charge in [0.05, 0.1) is 12.6 Å². The van der Waals surface area contributed by atoms with Crippen LogP contribution >= 0.6 is 0 Å². The first-order chi connectivity index (χ1) is 8.58. The summed E-state index contributed by atoms with van der Waals surface area (Å²) >= 11 is 0. The van der Waals surface area contributed by atoms with Crippen LogP contribution in [0.15, 0.2) is 30.3 Å². The average molecular weight is 246 g/mol. The summed E-state index contributed by atoms with van der Waals surface area (Å²) in [6.45, 7) is 10.2. The molecule has 0 unspecified atom stereocenters. The highest BCUT2D eigenvalue weighted by molar-refractivity contribution is 5.20. The lowest BCUT2D eigenvalue weighted by molar-refractivity contribution is 0.126. The highest BCUT2D eigenvalue weighted by Crippen LogP contribution is 2.23. The summed E-state index contributed by atoms with van der Waals surface area (Å²) in [6, 6.07) is 4.66. The highest BCUT2D eigenvalue weighted by Gasteiger charge is 2.16. The minimum absolute atomic E-state index is 0.345. The predicted molar refractivity (Wildman–Crippen MR) is 73.2 cm³/mol. The molecular formula is C15H22N2O. The molecule has 1 aromatic heterocycles. The van der Waals surface area contributed by atoms with Crippen molar-refractivity contribution in [2.75, 3.05) is 13.2 Å². The van der Waals surface area contributed by atoms with Gasteiger partial charge in [0.25, 0.3) is 0 Å². The van der Waals surface area contributed by atoms with E-state index in [0.717, 1.165) is 24.6 Å². The summed E-state index contributed by atoms with van der Waals surface area (Å²) in [6.07, 6.45) is 4.09. The van der Waals surface area contributed by atoms with Gasteiger partial charge >= 0.3 is 0 Å². The Morgan fingerprint density at radius 2 is 2.06 bits per heavy atom. The van der Waals surface area contributed by atoms with Crippen molar-refractivity contribution in [3.8, 4) is 0 Å². The second-order valence-corrected chi connectivity index (χ2v) is 5.17. The van der Waals surface area contributed by atoms with Gasteiger partial charge in [0, 0.05) is 18.1 Å². The minimum Gasteiger partial charge on any atom is -0.495 e.